The van der Waals surface area contributed by atoms with Crippen LogP contribution in [0.1, 0.15) is 36.1 Å². The molecular formula is C12H22N4O2S. The smallest absolute Gasteiger partial charge is 0.265 e. The fourth-order valence-electron chi connectivity index (χ4n) is 1.47. The van der Waals surface area contributed by atoms with E-state index in [1.807, 2.05) is 20.8 Å². The highest BCUT2D eigenvalue weighted by atomic mass is 32.1. The van der Waals surface area contributed by atoms with Crippen molar-refractivity contribution < 1.29 is 9.53 Å². The van der Waals surface area contributed by atoms with Crippen molar-refractivity contribution in [3.63, 3.8) is 0 Å². The minimum absolute atomic E-state index is 0.103. The minimum atomic E-state index is -0.170. The second-order valence-electron chi connectivity index (χ2n) is 5.20. The Morgan fingerprint density at radius 3 is 2.68 bits per heavy atom. The molecule has 0 saturated carbocycles. The van der Waals surface area contributed by atoms with Gasteiger partial charge in [0.15, 0.2) is 0 Å². The van der Waals surface area contributed by atoms with E-state index in [4.69, 9.17) is 4.74 Å². The molecule has 0 radical (unpaired) electrons. The maximum atomic E-state index is 12.0. The summed E-state index contributed by atoms with van der Waals surface area (Å²) in [6.07, 6.45) is 0. The van der Waals surface area contributed by atoms with Crippen LogP contribution in [0.25, 0.3) is 0 Å². The number of hydrogen-bond acceptors (Lipinski definition) is 6. The number of carbonyl (C=O) groups excluding carboxylic acids is 1. The number of nitrogens with zero attached hydrogens (tertiary/aromatic N) is 2. The van der Waals surface area contributed by atoms with Gasteiger partial charge in [0.2, 0.25) is 0 Å². The molecule has 0 fully saturated rings. The number of aromatic nitrogens is 2. The number of hydrogen-bond donors (Lipinski definition) is 2. The Morgan fingerprint density at radius 1 is 1.32 bits per heavy atom. The Kier molecular flexibility index (Phi) is 6.33. The van der Waals surface area contributed by atoms with Crippen molar-refractivity contribution >= 4 is 17.4 Å². The zero-order chi connectivity index (χ0) is 14.3. The molecule has 7 heteroatoms. The summed E-state index contributed by atoms with van der Waals surface area (Å²) < 4.78 is 8.79. The summed E-state index contributed by atoms with van der Waals surface area (Å²) in [6.45, 7) is 8.80. The monoisotopic (exact) mass is 286 g/mol. The van der Waals surface area contributed by atoms with Crippen molar-refractivity contribution in [3.05, 3.63) is 10.6 Å². The Labute approximate surface area is 118 Å². The predicted octanol–water partition coefficient (Wildman–Crippen LogP) is 0.801. The molecule has 0 spiro atoms. The van der Waals surface area contributed by atoms with Crippen molar-refractivity contribution in [2.75, 3.05) is 33.4 Å². The SMILES string of the molecule is COCCNCCNC(=O)c1snnc1C(C)(C)C. The van der Waals surface area contributed by atoms with Crippen LogP contribution < -0.4 is 10.6 Å². The van der Waals surface area contributed by atoms with Crippen molar-refractivity contribution in [1.82, 2.24) is 20.2 Å². The van der Waals surface area contributed by atoms with Gasteiger partial charge in [-0.1, -0.05) is 25.3 Å². The molecule has 19 heavy (non-hydrogen) atoms. The van der Waals surface area contributed by atoms with E-state index in [9.17, 15) is 4.79 Å². The fraction of sp³-hybridized carbons (Fsp3) is 0.750. The second kappa shape index (κ2) is 7.52. The van der Waals surface area contributed by atoms with Gasteiger partial charge in [0.05, 0.1) is 12.3 Å². The van der Waals surface area contributed by atoms with E-state index in [1.54, 1.807) is 7.11 Å². The molecule has 0 unspecified atom stereocenters. The quantitative estimate of drug-likeness (QED) is 0.725. The maximum Gasteiger partial charge on any atom is 0.265 e. The van der Waals surface area contributed by atoms with Gasteiger partial charge in [0, 0.05) is 32.2 Å². The zero-order valence-corrected chi connectivity index (χ0v) is 12.8. The molecule has 1 heterocycles. The molecule has 108 valence electrons. The molecule has 1 aromatic heterocycles. The Balaban J connectivity index is 2.40. The molecule has 0 aliphatic carbocycles. The highest BCUT2D eigenvalue weighted by Gasteiger charge is 2.25. The van der Waals surface area contributed by atoms with Crippen LogP contribution >= 0.6 is 11.5 Å². The standard InChI is InChI=1S/C12H22N4O2S/c1-12(2,3)10-9(19-16-15-10)11(17)14-6-5-13-7-8-18-4/h13H,5-8H2,1-4H3,(H,14,17). The van der Waals surface area contributed by atoms with Gasteiger partial charge in [-0.05, 0) is 11.5 Å². The maximum absolute atomic E-state index is 12.0. The first-order chi connectivity index (χ1) is 8.96. The third-order valence-electron chi connectivity index (χ3n) is 2.47. The molecule has 0 aliphatic rings. The fourth-order valence-corrected chi connectivity index (χ4v) is 2.27. The first kappa shape index (κ1) is 16.0. The summed E-state index contributed by atoms with van der Waals surface area (Å²) in [5.74, 6) is -0.103. The Bertz CT molecular complexity index is 401. The number of amides is 1. The topological polar surface area (TPSA) is 76.1 Å². The van der Waals surface area contributed by atoms with Crippen LogP contribution in [0, 0.1) is 0 Å². The van der Waals surface area contributed by atoms with Crippen LogP contribution in [0.3, 0.4) is 0 Å². The molecule has 2 N–H and O–H groups in total. The molecule has 1 rings (SSSR count). The third kappa shape index (κ3) is 5.22. The predicted molar refractivity (Wildman–Crippen MR) is 75.7 cm³/mol. The summed E-state index contributed by atoms with van der Waals surface area (Å²) in [6, 6.07) is 0. The van der Waals surface area contributed by atoms with E-state index in [2.05, 4.69) is 20.2 Å². The lowest BCUT2D eigenvalue weighted by atomic mass is 9.91. The summed E-state index contributed by atoms with van der Waals surface area (Å²) in [4.78, 5) is 12.6. The molecule has 0 aromatic carbocycles. The summed E-state index contributed by atoms with van der Waals surface area (Å²) >= 11 is 1.14. The Morgan fingerprint density at radius 2 is 2.05 bits per heavy atom. The molecular weight excluding hydrogens is 264 g/mol. The van der Waals surface area contributed by atoms with Gasteiger partial charge in [-0.3, -0.25) is 4.79 Å². The van der Waals surface area contributed by atoms with Gasteiger partial charge in [0.1, 0.15) is 4.88 Å². The third-order valence-corrected chi connectivity index (χ3v) is 3.20. The van der Waals surface area contributed by atoms with E-state index >= 15 is 0 Å². The van der Waals surface area contributed by atoms with Crippen LogP contribution in [0.4, 0.5) is 0 Å². The molecule has 6 nitrogen and oxygen atoms in total. The largest absolute Gasteiger partial charge is 0.383 e. The number of rotatable bonds is 7. The van der Waals surface area contributed by atoms with Crippen LogP contribution in [-0.2, 0) is 10.2 Å². The number of nitrogens with one attached hydrogen (secondary N) is 2. The number of carbonyl (C=O) groups is 1. The van der Waals surface area contributed by atoms with E-state index in [1.165, 1.54) is 0 Å². The zero-order valence-electron chi connectivity index (χ0n) is 11.9. The van der Waals surface area contributed by atoms with E-state index in [0.29, 0.717) is 24.6 Å². The normalized spacial score (nSPS) is 11.6. The molecule has 1 aromatic rings. The van der Waals surface area contributed by atoms with Gasteiger partial charge in [-0.2, -0.15) is 0 Å². The van der Waals surface area contributed by atoms with Gasteiger partial charge < -0.3 is 15.4 Å². The van der Waals surface area contributed by atoms with Gasteiger partial charge in [-0.15, -0.1) is 5.10 Å². The van der Waals surface area contributed by atoms with Crippen molar-refractivity contribution in [2.45, 2.75) is 26.2 Å². The van der Waals surface area contributed by atoms with E-state index < -0.39 is 0 Å². The Hall–Kier alpha value is -1.05. The summed E-state index contributed by atoms with van der Waals surface area (Å²) in [5, 5.41) is 10.1. The van der Waals surface area contributed by atoms with Crippen LogP contribution in [0.5, 0.6) is 0 Å². The van der Waals surface area contributed by atoms with Crippen LogP contribution in [0.15, 0.2) is 0 Å². The van der Waals surface area contributed by atoms with Crippen molar-refractivity contribution in [1.29, 1.82) is 0 Å². The molecule has 0 atom stereocenters. The average Bonchev–Trinajstić information content (AvgIpc) is 2.82. The van der Waals surface area contributed by atoms with E-state index in [0.717, 1.165) is 23.8 Å². The van der Waals surface area contributed by atoms with Crippen molar-refractivity contribution in [2.24, 2.45) is 0 Å². The average molecular weight is 286 g/mol. The molecule has 1 amide bonds. The minimum Gasteiger partial charge on any atom is -0.383 e. The number of ether oxygens (including phenoxy) is 1. The summed E-state index contributed by atoms with van der Waals surface area (Å²) in [5.41, 5.74) is 0.582. The molecule has 0 bridgehead atoms. The summed E-state index contributed by atoms with van der Waals surface area (Å²) in [7, 11) is 1.66. The van der Waals surface area contributed by atoms with Crippen molar-refractivity contribution in [3.8, 4) is 0 Å². The van der Waals surface area contributed by atoms with Crippen LogP contribution in [0.2, 0.25) is 0 Å². The first-order valence-electron chi connectivity index (χ1n) is 6.27. The van der Waals surface area contributed by atoms with Gasteiger partial charge in [-0.25, -0.2) is 0 Å². The van der Waals surface area contributed by atoms with Gasteiger partial charge >= 0.3 is 0 Å². The molecule has 0 saturated heterocycles. The first-order valence-corrected chi connectivity index (χ1v) is 7.05. The lowest BCUT2D eigenvalue weighted by molar-refractivity contribution is 0.0955. The molecule has 0 aliphatic heterocycles. The van der Waals surface area contributed by atoms with Gasteiger partial charge in [0.25, 0.3) is 5.91 Å². The highest BCUT2D eigenvalue weighted by Crippen LogP contribution is 2.25. The number of methoxy groups -OCH3 is 1. The van der Waals surface area contributed by atoms with Crippen LogP contribution in [-0.4, -0.2) is 48.8 Å². The lowest BCUT2D eigenvalue weighted by Crippen LogP contribution is -2.33. The highest BCUT2D eigenvalue weighted by molar-refractivity contribution is 7.08. The second-order valence-corrected chi connectivity index (χ2v) is 5.95. The van der Waals surface area contributed by atoms with E-state index in [-0.39, 0.29) is 11.3 Å². The lowest BCUT2D eigenvalue weighted by Gasteiger charge is -2.16.